The summed E-state index contributed by atoms with van der Waals surface area (Å²) in [6, 6.07) is 0. The van der Waals surface area contributed by atoms with Crippen molar-refractivity contribution in [3.8, 4) is 0 Å². The molecule has 33 heavy (non-hydrogen) atoms. The maximum absolute atomic E-state index is 11.7. The highest BCUT2D eigenvalue weighted by Gasteiger charge is 2.62. The normalized spacial score (nSPS) is 48.7. The summed E-state index contributed by atoms with van der Waals surface area (Å²) in [5.74, 6) is 3.95. The molecular weight excluding hydrogens is 428 g/mol. The Morgan fingerprint density at radius 1 is 1.03 bits per heavy atom. The molecule has 4 heteroatoms. The lowest BCUT2D eigenvalue weighted by molar-refractivity contribution is -0.152. The third-order valence-electron chi connectivity index (χ3n) is 12.1. The van der Waals surface area contributed by atoms with Gasteiger partial charge in [-0.1, -0.05) is 41.0 Å². The van der Waals surface area contributed by atoms with E-state index in [9.17, 15) is 15.0 Å². The van der Waals surface area contributed by atoms with Gasteiger partial charge in [-0.15, -0.1) is 0 Å². The first-order chi connectivity index (χ1) is 15.3. The van der Waals surface area contributed by atoms with E-state index < -0.39 is 16.6 Å². The first kappa shape index (κ1) is 25.9. The number of rotatable bonds is 6. The van der Waals surface area contributed by atoms with Crippen molar-refractivity contribution in [2.24, 2.45) is 58.2 Å². The van der Waals surface area contributed by atoms with E-state index >= 15 is 0 Å². The number of aliphatic carboxylic acids is 1. The van der Waals surface area contributed by atoms with Gasteiger partial charge in [0.1, 0.15) is 0 Å². The van der Waals surface area contributed by atoms with Crippen LogP contribution in [-0.4, -0.2) is 27.0 Å². The molecule has 0 radical (unpaired) electrons. The Morgan fingerprint density at radius 3 is 2.30 bits per heavy atom. The summed E-state index contributed by atoms with van der Waals surface area (Å²) >= 11 is 4.87. The molecule has 0 bridgehead atoms. The van der Waals surface area contributed by atoms with Crippen molar-refractivity contribution >= 4 is 18.6 Å². The van der Waals surface area contributed by atoms with Gasteiger partial charge < -0.3 is 10.2 Å². The minimum Gasteiger partial charge on any atom is -0.481 e. The molecule has 190 valence electrons. The van der Waals surface area contributed by atoms with Crippen LogP contribution >= 0.6 is 12.6 Å². The Kier molecular flexibility index (Phi) is 7.07. The molecule has 0 spiro atoms. The average molecular weight is 479 g/mol. The van der Waals surface area contributed by atoms with Crippen LogP contribution < -0.4 is 0 Å². The Hall–Kier alpha value is -0.220. The number of carbonyl (C=O) groups is 1. The fourth-order valence-electron chi connectivity index (χ4n) is 10.1. The minimum absolute atomic E-state index is 0.0806. The number of aliphatic hydroxyl groups is 1. The lowest BCUT2D eigenvalue weighted by Gasteiger charge is -2.63. The summed E-state index contributed by atoms with van der Waals surface area (Å²) in [5.41, 5.74) is 0.793. The van der Waals surface area contributed by atoms with Gasteiger partial charge in [-0.3, -0.25) is 4.79 Å². The van der Waals surface area contributed by atoms with Crippen LogP contribution in [0, 0.1) is 58.2 Å². The van der Waals surface area contributed by atoms with E-state index in [4.69, 9.17) is 12.6 Å². The van der Waals surface area contributed by atoms with Gasteiger partial charge in [-0.2, -0.15) is 12.6 Å². The molecule has 4 aliphatic carbocycles. The van der Waals surface area contributed by atoms with E-state index in [0.717, 1.165) is 42.9 Å². The molecule has 0 aromatic carbocycles. The lowest BCUT2D eigenvalue weighted by Crippen LogP contribution is -2.56. The molecule has 4 saturated carbocycles. The van der Waals surface area contributed by atoms with Crippen LogP contribution in [0.4, 0.5) is 0 Å². The first-order valence-corrected chi connectivity index (χ1v) is 14.4. The molecule has 12 atom stereocenters. The van der Waals surface area contributed by atoms with Crippen molar-refractivity contribution < 1.29 is 15.0 Å². The third-order valence-corrected chi connectivity index (χ3v) is 12.7. The van der Waals surface area contributed by atoms with Gasteiger partial charge in [0, 0.05) is 4.75 Å². The van der Waals surface area contributed by atoms with Crippen LogP contribution in [0.15, 0.2) is 0 Å². The second-order valence-electron chi connectivity index (χ2n) is 13.6. The molecule has 0 aromatic rings. The molecule has 4 rings (SSSR count). The van der Waals surface area contributed by atoms with Gasteiger partial charge in [0.15, 0.2) is 0 Å². The van der Waals surface area contributed by atoms with Gasteiger partial charge >= 0.3 is 5.97 Å². The molecule has 0 heterocycles. The summed E-state index contributed by atoms with van der Waals surface area (Å²) < 4.78 is -0.474. The highest BCUT2D eigenvalue weighted by molar-refractivity contribution is 7.81. The van der Waals surface area contributed by atoms with E-state index in [-0.39, 0.29) is 6.10 Å². The fraction of sp³-hybridized carbons (Fsp3) is 0.966. The molecule has 0 saturated heterocycles. The highest BCUT2D eigenvalue weighted by Crippen LogP contribution is 2.69. The first-order valence-electron chi connectivity index (χ1n) is 14.0. The molecule has 0 aliphatic heterocycles. The van der Waals surface area contributed by atoms with Crippen LogP contribution in [0.2, 0.25) is 0 Å². The highest BCUT2D eigenvalue weighted by atomic mass is 32.1. The van der Waals surface area contributed by atoms with Crippen molar-refractivity contribution in [1.82, 2.24) is 0 Å². The van der Waals surface area contributed by atoms with Crippen molar-refractivity contribution in [2.45, 2.75) is 117 Å². The van der Waals surface area contributed by atoms with Crippen molar-refractivity contribution in [3.63, 3.8) is 0 Å². The number of aliphatic hydroxyl groups excluding tert-OH is 1. The monoisotopic (exact) mass is 478 g/mol. The van der Waals surface area contributed by atoms with Gasteiger partial charge in [0.2, 0.25) is 0 Å². The quantitative estimate of drug-likeness (QED) is 0.358. The average Bonchev–Trinajstić information content (AvgIpc) is 3.10. The number of hydrogen-bond donors (Lipinski definition) is 3. The summed E-state index contributed by atoms with van der Waals surface area (Å²) in [7, 11) is 0. The largest absolute Gasteiger partial charge is 0.481 e. The van der Waals surface area contributed by atoms with Crippen LogP contribution in [-0.2, 0) is 4.79 Å². The van der Waals surface area contributed by atoms with Gasteiger partial charge in [-0.25, -0.2) is 0 Å². The Balaban J connectivity index is 1.55. The SMILES string of the molecule is CCC1CC2C3CCC(C(C)CC(C)(S)C(C)C(=O)O)C3(C)CCC2C2(C)CCC(O)CC12. The molecule has 0 aromatic heterocycles. The third kappa shape index (κ3) is 4.21. The Morgan fingerprint density at radius 2 is 1.67 bits per heavy atom. The van der Waals surface area contributed by atoms with Gasteiger partial charge in [0.05, 0.1) is 12.0 Å². The number of hydrogen-bond acceptors (Lipinski definition) is 3. The van der Waals surface area contributed by atoms with Crippen molar-refractivity contribution in [3.05, 3.63) is 0 Å². The molecule has 12 unspecified atom stereocenters. The zero-order valence-electron chi connectivity index (χ0n) is 22.0. The van der Waals surface area contributed by atoms with E-state index in [2.05, 4.69) is 27.7 Å². The number of carboxylic acids is 1. The summed E-state index contributed by atoms with van der Waals surface area (Å²) in [5, 5.41) is 20.1. The van der Waals surface area contributed by atoms with E-state index in [1.165, 1.54) is 44.9 Å². The maximum Gasteiger partial charge on any atom is 0.307 e. The summed E-state index contributed by atoms with van der Waals surface area (Å²) in [6.45, 7) is 13.8. The number of thiol groups is 1. The van der Waals surface area contributed by atoms with Gasteiger partial charge in [-0.05, 0) is 117 Å². The minimum atomic E-state index is -0.732. The second-order valence-corrected chi connectivity index (χ2v) is 14.7. The smallest absolute Gasteiger partial charge is 0.307 e. The Bertz CT molecular complexity index is 736. The topological polar surface area (TPSA) is 57.5 Å². The van der Waals surface area contributed by atoms with Crippen LogP contribution in [0.25, 0.3) is 0 Å². The summed E-state index contributed by atoms with van der Waals surface area (Å²) in [6.07, 6.45) is 12.0. The van der Waals surface area contributed by atoms with Gasteiger partial charge in [0.25, 0.3) is 0 Å². The van der Waals surface area contributed by atoms with Crippen LogP contribution in [0.5, 0.6) is 0 Å². The molecule has 2 N–H and O–H groups in total. The molecule has 4 aliphatic rings. The fourth-order valence-corrected chi connectivity index (χ4v) is 10.5. The van der Waals surface area contributed by atoms with E-state index in [1.54, 1.807) is 0 Å². The molecular formula is C29H50O3S. The van der Waals surface area contributed by atoms with Crippen LogP contribution in [0.3, 0.4) is 0 Å². The Labute approximate surface area is 208 Å². The van der Waals surface area contributed by atoms with Crippen molar-refractivity contribution in [1.29, 1.82) is 0 Å². The number of carboxylic acid groups (broad SMARTS) is 1. The molecule has 0 amide bonds. The zero-order chi connectivity index (χ0) is 24.3. The predicted octanol–water partition coefficient (Wildman–Crippen LogP) is 7.08. The molecule has 3 nitrogen and oxygen atoms in total. The summed E-state index contributed by atoms with van der Waals surface area (Å²) in [4.78, 5) is 11.7. The number of fused-ring (bicyclic) bond motifs is 5. The zero-order valence-corrected chi connectivity index (χ0v) is 22.9. The maximum atomic E-state index is 11.7. The lowest BCUT2D eigenvalue weighted by atomic mass is 9.42. The van der Waals surface area contributed by atoms with E-state index in [0.29, 0.717) is 28.6 Å². The van der Waals surface area contributed by atoms with Crippen LogP contribution in [0.1, 0.15) is 106 Å². The predicted molar refractivity (Wildman–Crippen MR) is 138 cm³/mol. The standard InChI is InChI=1S/C29H50O3S/c1-7-19-14-21-23-9-8-22(17(2)16-29(6,33)18(3)26(31)32)27(23,4)13-11-24(21)28(5)12-10-20(30)15-25(19)28/h17-25,30,33H,7-16H2,1-6H3,(H,31,32). The van der Waals surface area contributed by atoms with E-state index in [1.807, 2.05) is 13.8 Å². The molecule has 4 fully saturated rings. The second kappa shape index (κ2) is 9.02. The van der Waals surface area contributed by atoms with Crippen molar-refractivity contribution in [2.75, 3.05) is 0 Å².